The third-order valence-corrected chi connectivity index (χ3v) is 6.16. The number of fused-ring (bicyclic) bond motifs is 3. The molecular weight excluding hydrogens is 384 g/mol. The lowest BCUT2D eigenvalue weighted by Crippen LogP contribution is -2.46. The zero-order valence-electron chi connectivity index (χ0n) is 18.1. The minimum Gasteiger partial charge on any atom is -0.479 e. The number of hydrogen-bond donors (Lipinski definition) is 0. The fraction of sp³-hybridized carbons (Fsp3) is 0.609. The molecule has 2 saturated heterocycles. The predicted molar refractivity (Wildman–Crippen MR) is 111 cm³/mol. The van der Waals surface area contributed by atoms with Crippen LogP contribution in [0.3, 0.4) is 0 Å². The Hall–Kier alpha value is -2.57. The third-order valence-electron chi connectivity index (χ3n) is 6.16. The van der Waals surface area contributed by atoms with Crippen molar-refractivity contribution in [2.75, 3.05) is 11.4 Å². The maximum Gasteiger partial charge on any atom is 0.311 e. The van der Waals surface area contributed by atoms with Gasteiger partial charge in [-0.1, -0.05) is 12.1 Å². The topological polar surface area (TPSA) is 76.2 Å². The van der Waals surface area contributed by atoms with Gasteiger partial charge in [0.2, 0.25) is 5.91 Å². The predicted octanol–water partition coefficient (Wildman–Crippen LogP) is 2.91. The van der Waals surface area contributed by atoms with Crippen LogP contribution in [0.5, 0.6) is 5.75 Å². The van der Waals surface area contributed by atoms with Gasteiger partial charge in [-0.25, -0.2) is 0 Å². The van der Waals surface area contributed by atoms with Crippen molar-refractivity contribution in [2.45, 2.75) is 77.2 Å². The Bertz CT molecular complexity index is 861. The molecule has 4 unspecified atom stereocenters. The zero-order valence-corrected chi connectivity index (χ0v) is 18.1. The molecule has 7 heteroatoms. The molecule has 3 aliphatic heterocycles. The summed E-state index contributed by atoms with van der Waals surface area (Å²) in [5, 5.41) is 0. The van der Waals surface area contributed by atoms with Gasteiger partial charge in [0.1, 0.15) is 11.4 Å². The summed E-state index contributed by atoms with van der Waals surface area (Å²) in [5.41, 5.74) is 0.165. The summed E-state index contributed by atoms with van der Waals surface area (Å²) in [7, 11) is 0. The van der Waals surface area contributed by atoms with Gasteiger partial charge in [0, 0.05) is 25.0 Å². The molecule has 3 aliphatic rings. The Morgan fingerprint density at radius 3 is 2.67 bits per heavy atom. The van der Waals surface area contributed by atoms with Crippen LogP contribution in [0.2, 0.25) is 0 Å². The maximum atomic E-state index is 13.1. The van der Waals surface area contributed by atoms with Gasteiger partial charge < -0.3 is 19.3 Å². The molecule has 2 fully saturated rings. The summed E-state index contributed by atoms with van der Waals surface area (Å²) >= 11 is 0. The molecule has 4 rings (SSSR count). The molecule has 0 radical (unpaired) electrons. The van der Waals surface area contributed by atoms with Crippen LogP contribution in [0.1, 0.15) is 53.4 Å². The molecule has 7 nitrogen and oxygen atoms in total. The molecule has 162 valence electrons. The second-order valence-electron chi connectivity index (χ2n) is 9.44. The van der Waals surface area contributed by atoms with Crippen LogP contribution >= 0.6 is 0 Å². The van der Waals surface area contributed by atoms with E-state index in [4.69, 9.17) is 9.47 Å². The number of rotatable bonds is 4. The number of nitrogens with zero attached hydrogens (tertiary/aromatic N) is 2. The molecule has 3 heterocycles. The quantitative estimate of drug-likeness (QED) is 0.708. The Balaban J connectivity index is 1.43. The Kier molecular flexibility index (Phi) is 5.24. The van der Waals surface area contributed by atoms with Crippen LogP contribution in [0.15, 0.2) is 24.3 Å². The first-order valence-corrected chi connectivity index (χ1v) is 10.8. The van der Waals surface area contributed by atoms with E-state index in [1.165, 1.54) is 0 Å². The summed E-state index contributed by atoms with van der Waals surface area (Å²) in [6.45, 7) is 7.60. The van der Waals surface area contributed by atoms with Crippen molar-refractivity contribution < 1.29 is 23.9 Å². The van der Waals surface area contributed by atoms with E-state index >= 15 is 0 Å². The first-order chi connectivity index (χ1) is 14.2. The third kappa shape index (κ3) is 3.77. The molecule has 2 bridgehead atoms. The van der Waals surface area contributed by atoms with E-state index in [9.17, 15) is 14.4 Å². The lowest BCUT2D eigenvalue weighted by molar-refractivity contribution is -0.161. The van der Waals surface area contributed by atoms with E-state index in [-0.39, 0.29) is 42.2 Å². The summed E-state index contributed by atoms with van der Waals surface area (Å²) < 4.78 is 11.2. The molecule has 1 aromatic carbocycles. The van der Waals surface area contributed by atoms with Crippen LogP contribution in [0.25, 0.3) is 0 Å². The number of benzene rings is 1. The largest absolute Gasteiger partial charge is 0.479 e. The summed E-state index contributed by atoms with van der Waals surface area (Å²) in [6.07, 6.45) is 2.07. The van der Waals surface area contributed by atoms with E-state index in [1.54, 1.807) is 11.8 Å². The van der Waals surface area contributed by atoms with Gasteiger partial charge in [0.25, 0.3) is 5.91 Å². The van der Waals surface area contributed by atoms with Crippen molar-refractivity contribution in [3.8, 4) is 5.75 Å². The Morgan fingerprint density at radius 1 is 1.20 bits per heavy atom. The number of ether oxygens (including phenoxy) is 2. The van der Waals surface area contributed by atoms with Crippen LogP contribution in [-0.4, -0.2) is 53.0 Å². The number of para-hydroxylation sites is 2. The molecular formula is C23H30N2O5. The molecule has 30 heavy (non-hydrogen) atoms. The lowest BCUT2D eigenvalue weighted by Gasteiger charge is -2.33. The van der Waals surface area contributed by atoms with Gasteiger partial charge in [0.15, 0.2) is 6.10 Å². The molecule has 0 aromatic heterocycles. The van der Waals surface area contributed by atoms with Crippen LogP contribution in [-0.2, 0) is 19.1 Å². The highest BCUT2D eigenvalue weighted by atomic mass is 16.6. The minimum absolute atomic E-state index is 0.00187. The van der Waals surface area contributed by atoms with Crippen molar-refractivity contribution in [3.05, 3.63) is 24.3 Å². The number of hydrogen-bond acceptors (Lipinski definition) is 5. The highest BCUT2D eigenvalue weighted by molar-refractivity contribution is 6.00. The average Bonchev–Trinajstić information content (AvgIpc) is 3.25. The van der Waals surface area contributed by atoms with Crippen LogP contribution < -0.4 is 9.64 Å². The number of esters is 1. The number of amides is 2. The first kappa shape index (κ1) is 20.7. The van der Waals surface area contributed by atoms with E-state index in [0.29, 0.717) is 24.4 Å². The van der Waals surface area contributed by atoms with Crippen molar-refractivity contribution >= 4 is 23.5 Å². The molecule has 1 aromatic rings. The lowest BCUT2D eigenvalue weighted by atomic mass is 9.89. The molecule has 0 aliphatic carbocycles. The van der Waals surface area contributed by atoms with E-state index in [1.807, 2.05) is 49.9 Å². The smallest absolute Gasteiger partial charge is 0.311 e. The standard InChI is InChI=1S/C23H30N2O5/c1-14-21(27)24(18-7-5-6-8-19(18)29-14)12-11-20(26)25-15-9-10-17(25)16(13-15)22(28)30-23(2,3)4/h5-8,14-17H,9-13H2,1-4H3. The normalized spacial score (nSPS) is 27.7. The van der Waals surface area contributed by atoms with Gasteiger partial charge in [0.05, 0.1) is 11.6 Å². The summed E-state index contributed by atoms with van der Waals surface area (Å²) in [5.74, 6) is 0.0510. The molecule has 0 N–H and O–H groups in total. The Morgan fingerprint density at radius 2 is 1.93 bits per heavy atom. The maximum absolute atomic E-state index is 13.1. The highest BCUT2D eigenvalue weighted by Crippen LogP contribution is 2.43. The van der Waals surface area contributed by atoms with Gasteiger partial charge >= 0.3 is 5.97 Å². The second kappa shape index (κ2) is 7.60. The monoisotopic (exact) mass is 414 g/mol. The molecule has 2 amide bonds. The zero-order chi connectivity index (χ0) is 21.6. The van der Waals surface area contributed by atoms with Crippen molar-refractivity contribution in [1.29, 1.82) is 0 Å². The van der Waals surface area contributed by atoms with Crippen molar-refractivity contribution in [1.82, 2.24) is 4.90 Å². The summed E-state index contributed by atoms with van der Waals surface area (Å²) in [4.78, 5) is 41.9. The van der Waals surface area contributed by atoms with Gasteiger partial charge in [-0.3, -0.25) is 14.4 Å². The van der Waals surface area contributed by atoms with Crippen molar-refractivity contribution in [3.63, 3.8) is 0 Å². The Labute approximate surface area is 177 Å². The highest BCUT2D eigenvalue weighted by Gasteiger charge is 2.52. The van der Waals surface area contributed by atoms with Gasteiger partial charge in [-0.2, -0.15) is 0 Å². The van der Waals surface area contributed by atoms with E-state index in [0.717, 1.165) is 12.8 Å². The second-order valence-corrected chi connectivity index (χ2v) is 9.44. The molecule has 4 atom stereocenters. The number of anilines is 1. The fourth-order valence-electron chi connectivity index (χ4n) is 4.93. The van der Waals surface area contributed by atoms with Gasteiger partial charge in [-0.05, 0) is 59.1 Å². The number of carbonyl (C=O) groups is 3. The fourth-order valence-corrected chi connectivity index (χ4v) is 4.93. The minimum atomic E-state index is -0.575. The SMILES string of the molecule is CC1Oc2ccccc2N(CCC(=O)N2C3CCC2C(C(=O)OC(C)(C)C)C3)C1=O. The van der Waals surface area contributed by atoms with Crippen molar-refractivity contribution in [2.24, 2.45) is 5.92 Å². The molecule has 0 spiro atoms. The molecule has 0 saturated carbocycles. The first-order valence-electron chi connectivity index (χ1n) is 10.8. The van der Waals surface area contributed by atoms with E-state index in [2.05, 4.69) is 0 Å². The van der Waals surface area contributed by atoms with E-state index < -0.39 is 11.7 Å². The van der Waals surface area contributed by atoms with Crippen LogP contribution in [0, 0.1) is 5.92 Å². The summed E-state index contributed by atoms with van der Waals surface area (Å²) in [6, 6.07) is 7.38. The van der Waals surface area contributed by atoms with Gasteiger partial charge in [-0.15, -0.1) is 0 Å². The number of carbonyl (C=O) groups excluding carboxylic acids is 3. The average molecular weight is 415 g/mol. The van der Waals surface area contributed by atoms with Crippen LogP contribution in [0.4, 0.5) is 5.69 Å².